The second-order valence-electron chi connectivity index (χ2n) is 6.58. The molecule has 0 amide bonds. The quantitative estimate of drug-likeness (QED) is 0.613. The van der Waals surface area contributed by atoms with Crippen LogP contribution in [0.15, 0.2) is 22.7 Å². The molecule has 1 aliphatic rings. The van der Waals surface area contributed by atoms with Gasteiger partial charge in [0.25, 0.3) is 0 Å². The van der Waals surface area contributed by atoms with Gasteiger partial charge in [0, 0.05) is 12.1 Å². The molecule has 0 radical (unpaired) electrons. The molecule has 2 heterocycles. The van der Waals surface area contributed by atoms with Crippen LogP contribution in [0.5, 0.6) is 11.5 Å². The molecule has 1 aliphatic heterocycles. The average Bonchev–Trinajstić information content (AvgIpc) is 3.16. The van der Waals surface area contributed by atoms with E-state index in [4.69, 9.17) is 14.0 Å². The maximum atomic E-state index is 12.5. The molecule has 0 bridgehead atoms. The van der Waals surface area contributed by atoms with Crippen molar-refractivity contribution in [1.29, 1.82) is 0 Å². The lowest BCUT2D eigenvalue weighted by molar-refractivity contribution is -0.150. The predicted molar refractivity (Wildman–Crippen MR) is 97.6 cm³/mol. The van der Waals surface area contributed by atoms with Crippen molar-refractivity contribution >= 4 is 5.97 Å². The van der Waals surface area contributed by atoms with Gasteiger partial charge in [0.05, 0.1) is 26.2 Å². The summed E-state index contributed by atoms with van der Waals surface area (Å²) in [6.07, 6.45) is 1.69. The Morgan fingerprint density at radius 1 is 1.38 bits per heavy atom. The lowest BCUT2D eigenvalue weighted by Gasteiger charge is -2.30. The minimum absolute atomic E-state index is 0.0757. The van der Waals surface area contributed by atoms with Crippen LogP contribution < -0.4 is 9.47 Å². The van der Waals surface area contributed by atoms with Crippen LogP contribution in [0.3, 0.4) is 0 Å². The Labute approximate surface area is 166 Å². The van der Waals surface area contributed by atoms with Gasteiger partial charge in [-0.3, -0.25) is 9.69 Å². The summed E-state index contributed by atoms with van der Waals surface area (Å²) in [5, 5.41) is 3.95. The lowest BCUT2D eigenvalue weighted by atomic mass is 9.98. The van der Waals surface area contributed by atoms with Crippen LogP contribution in [0.1, 0.15) is 25.7 Å². The Hall–Kier alpha value is -2.75. The fourth-order valence-corrected chi connectivity index (χ4v) is 3.28. The average molecular weight is 411 g/mol. The number of methoxy groups -OCH3 is 1. The molecule has 0 aliphatic carbocycles. The predicted octanol–water partition coefficient (Wildman–Crippen LogP) is 3.12. The minimum atomic E-state index is -2.95. The van der Waals surface area contributed by atoms with E-state index in [1.807, 2.05) is 0 Å². The van der Waals surface area contributed by atoms with Crippen molar-refractivity contribution in [3.8, 4) is 22.9 Å². The van der Waals surface area contributed by atoms with Gasteiger partial charge in [0.1, 0.15) is 0 Å². The van der Waals surface area contributed by atoms with Gasteiger partial charge in [-0.1, -0.05) is 5.16 Å². The first-order valence-electron chi connectivity index (χ1n) is 9.35. The summed E-state index contributed by atoms with van der Waals surface area (Å²) in [6.45, 7) is 1.01. The van der Waals surface area contributed by atoms with E-state index < -0.39 is 6.61 Å². The first kappa shape index (κ1) is 21.0. The third-order valence-electron chi connectivity index (χ3n) is 4.59. The van der Waals surface area contributed by atoms with Crippen molar-refractivity contribution in [2.75, 3.05) is 26.8 Å². The van der Waals surface area contributed by atoms with Crippen LogP contribution in [-0.4, -0.2) is 54.4 Å². The summed E-state index contributed by atoms with van der Waals surface area (Å²) in [5.74, 6) is 0.437. The van der Waals surface area contributed by atoms with Crippen molar-refractivity contribution in [3.63, 3.8) is 0 Å². The Bertz CT molecular complexity index is 830. The minimum Gasteiger partial charge on any atom is -0.493 e. The number of halogens is 2. The molecule has 3 rings (SSSR count). The van der Waals surface area contributed by atoms with Crippen LogP contribution in [0.25, 0.3) is 11.4 Å². The largest absolute Gasteiger partial charge is 0.493 e. The number of piperidine rings is 1. The number of carbonyl (C=O) groups is 1. The third kappa shape index (κ3) is 5.41. The number of nitrogens with zero attached hydrogens (tertiary/aromatic N) is 3. The summed E-state index contributed by atoms with van der Waals surface area (Å²) >= 11 is 0. The zero-order valence-corrected chi connectivity index (χ0v) is 16.3. The number of rotatable bonds is 8. The van der Waals surface area contributed by atoms with Gasteiger partial charge in [0.2, 0.25) is 11.7 Å². The number of hydrogen-bond donors (Lipinski definition) is 0. The van der Waals surface area contributed by atoms with Gasteiger partial charge in [-0.2, -0.15) is 13.8 Å². The maximum Gasteiger partial charge on any atom is 0.387 e. The molecule has 158 valence electrons. The molecule has 29 heavy (non-hydrogen) atoms. The summed E-state index contributed by atoms with van der Waals surface area (Å²) in [6, 6.07) is 4.42. The standard InChI is InChI=1S/C19H23F2N3O5/c1-3-27-18(25)13-5-4-8-24(10-13)11-16-22-17(23-29-16)12-6-7-14(28-19(20)21)15(9-12)26-2/h6-7,9,13,19H,3-5,8,10-11H2,1-2H3/t13-/m0/s1. The molecule has 2 aromatic rings. The summed E-state index contributed by atoms with van der Waals surface area (Å²) in [7, 11) is 1.36. The molecule has 1 fully saturated rings. The van der Waals surface area contributed by atoms with E-state index in [0.29, 0.717) is 37.0 Å². The summed E-state index contributed by atoms with van der Waals surface area (Å²) in [4.78, 5) is 18.4. The Kier molecular flexibility index (Phi) is 6.97. The number of likely N-dealkylation sites (tertiary alicyclic amines) is 1. The van der Waals surface area contributed by atoms with Crippen LogP contribution in [-0.2, 0) is 16.1 Å². The highest BCUT2D eigenvalue weighted by Gasteiger charge is 2.28. The van der Waals surface area contributed by atoms with Crippen LogP contribution in [0.2, 0.25) is 0 Å². The number of ether oxygens (including phenoxy) is 3. The van der Waals surface area contributed by atoms with Gasteiger partial charge >= 0.3 is 12.6 Å². The van der Waals surface area contributed by atoms with Crippen molar-refractivity contribution in [1.82, 2.24) is 15.0 Å². The fourth-order valence-electron chi connectivity index (χ4n) is 3.28. The molecule has 1 atom stereocenters. The molecule has 1 aromatic carbocycles. The fraction of sp³-hybridized carbons (Fsp3) is 0.526. The number of esters is 1. The molecule has 0 unspecified atom stereocenters. The van der Waals surface area contributed by atoms with Crippen molar-refractivity contribution in [3.05, 3.63) is 24.1 Å². The molecular formula is C19H23F2N3O5. The topological polar surface area (TPSA) is 86.9 Å². The second-order valence-corrected chi connectivity index (χ2v) is 6.58. The highest BCUT2D eigenvalue weighted by molar-refractivity contribution is 5.72. The first-order chi connectivity index (χ1) is 14.0. The van der Waals surface area contributed by atoms with Gasteiger partial charge in [-0.15, -0.1) is 0 Å². The maximum absolute atomic E-state index is 12.5. The van der Waals surface area contributed by atoms with Gasteiger partial charge in [-0.25, -0.2) is 0 Å². The summed E-state index contributed by atoms with van der Waals surface area (Å²) in [5.41, 5.74) is 0.543. The van der Waals surface area contributed by atoms with E-state index in [1.165, 1.54) is 19.2 Å². The van der Waals surface area contributed by atoms with Gasteiger partial charge in [-0.05, 0) is 44.5 Å². The van der Waals surface area contributed by atoms with Crippen molar-refractivity contribution in [2.24, 2.45) is 5.92 Å². The van der Waals surface area contributed by atoms with E-state index >= 15 is 0 Å². The molecule has 8 nitrogen and oxygen atoms in total. The number of carbonyl (C=O) groups excluding carboxylic acids is 1. The van der Waals surface area contributed by atoms with Crippen molar-refractivity contribution in [2.45, 2.75) is 32.9 Å². The lowest BCUT2D eigenvalue weighted by Crippen LogP contribution is -2.39. The zero-order chi connectivity index (χ0) is 20.8. The van der Waals surface area contributed by atoms with Gasteiger partial charge in [0.15, 0.2) is 11.5 Å². The molecule has 0 spiro atoms. The van der Waals surface area contributed by atoms with Crippen LogP contribution >= 0.6 is 0 Å². The normalized spacial score (nSPS) is 17.3. The Balaban J connectivity index is 1.67. The monoisotopic (exact) mass is 411 g/mol. The number of hydrogen-bond acceptors (Lipinski definition) is 8. The number of benzene rings is 1. The SMILES string of the molecule is CCOC(=O)[C@H]1CCCN(Cc2nc(-c3ccc(OC(F)F)c(OC)c3)no2)C1. The molecule has 10 heteroatoms. The smallest absolute Gasteiger partial charge is 0.387 e. The molecular weight excluding hydrogens is 388 g/mol. The van der Waals surface area contributed by atoms with E-state index in [2.05, 4.69) is 19.8 Å². The third-order valence-corrected chi connectivity index (χ3v) is 4.59. The highest BCUT2D eigenvalue weighted by Crippen LogP contribution is 2.32. The number of alkyl halides is 2. The highest BCUT2D eigenvalue weighted by atomic mass is 19.3. The van der Waals surface area contributed by atoms with Crippen LogP contribution in [0.4, 0.5) is 8.78 Å². The second kappa shape index (κ2) is 9.64. The number of aromatic nitrogens is 2. The van der Waals surface area contributed by atoms with E-state index in [9.17, 15) is 13.6 Å². The summed E-state index contributed by atoms with van der Waals surface area (Å²) < 4.78 is 44.9. The van der Waals surface area contributed by atoms with Crippen LogP contribution in [0, 0.1) is 5.92 Å². The van der Waals surface area contributed by atoms with E-state index in [-0.39, 0.29) is 23.4 Å². The Morgan fingerprint density at radius 3 is 2.93 bits per heavy atom. The molecule has 0 N–H and O–H groups in total. The van der Waals surface area contributed by atoms with Gasteiger partial charge < -0.3 is 18.7 Å². The zero-order valence-electron chi connectivity index (χ0n) is 16.3. The molecule has 1 saturated heterocycles. The van der Waals surface area contributed by atoms with Crippen molar-refractivity contribution < 1.29 is 32.3 Å². The van der Waals surface area contributed by atoms with E-state index in [0.717, 1.165) is 19.4 Å². The Morgan fingerprint density at radius 2 is 2.21 bits per heavy atom. The first-order valence-corrected chi connectivity index (χ1v) is 9.35. The molecule has 1 aromatic heterocycles. The molecule has 0 saturated carbocycles. The van der Waals surface area contributed by atoms with E-state index in [1.54, 1.807) is 13.0 Å².